The summed E-state index contributed by atoms with van der Waals surface area (Å²) < 4.78 is 56.7. The van der Waals surface area contributed by atoms with Crippen LogP contribution in [0.2, 0.25) is 0 Å². The summed E-state index contributed by atoms with van der Waals surface area (Å²) >= 11 is 0. The second-order valence-corrected chi connectivity index (χ2v) is 2.49. The zero-order valence-corrected chi connectivity index (χ0v) is 11.0. The Hall–Kier alpha value is 1.67. The summed E-state index contributed by atoms with van der Waals surface area (Å²) in [6, 6.07) is 0. The van der Waals surface area contributed by atoms with Gasteiger partial charge in [-0.15, -0.1) is 0 Å². The van der Waals surface area contributed by atoms with Crippen LogP contribution in [0.5, 0.6) is 0 Å². The van der Waals surface area contributed by atoms with Gasteiger partial charge in [-0.05, 0) is 0 Å². The molecule has 0 saturated heterocycles. The van der Waals surface area contributed by atoms with E-state index in [1.165, 1.54) is 0 Å². The van der Waals surface area contributed by atoms with Crippen molar-refractivity contribution in [2.45, 2.75) is 0 Å². The van der Waals surface area contributed by atoms with Crippen molar-refractivity contribution < 1.29 is 35.7 Å². The van der Waals surface area contributed by atoms with Gasteiger partial charge in [0, 0.05) is 0 Å². The van der Waals surface area contributed by atoms with Gasteiger partial charge in [0.05, 0.1) is 0 Å². The van der Waals surface area contributed by atoms with E-state index >= 15 is 0 Å². The van der Waals surface area contributed by atoms with Crippen molar-refractivity contribution in [1.82, 2.24) is 0 Å². The maximum Gasteiger partial charge on any atom is 2.00 e. The molecule has 0 rings (SSSR count). The molecule has 0 fully saturated rings. The molecular weight excluding hydrogens is 339 g/mol. The van der Waals surface area contributed by atoms with Gasteiger partial charge in [0.25, 0.3) is 0 Å². The first-order valence-electron chi connectivity index (χ1n) is 1.41. The molecule has 0 aliphatic rings. The SMILES string of the molecule is O=P([O-])(F)F.O=P([O-])(F)F.[Ba+2]. The summed E-state index contributed by atoms with van der Waals surface area (Å²) in [6.07, 6.45) is 0. The molecule has 0 saturated carbocycles. The Morgan fingerprint density at radius 3 is 0.818 bits per heavy atom. The van der Waals surface area contributed by atoms with Gasteiger partial charge in [-0.1, -0.05) is 0 Å². The van der Waals surface area contributed by atoms with E-state index in [4.69, 9.17) is 18.9 Å². The molecule has 0 aliphatic heterocycles. The molecule has 0 spiro atoms. The van der Waals surface area contributed by atoms with E-state index in [-0.39, 0.29) is 48.9 Å². The van der Waals surface area contributed by atoms with Crippen LogP contribution in [0.25, 0.3) is 0 Å². The van der Waals surface area contributed by atoms with Gasteiger partial charge in [0.1, 0.15) is 0 Å². The van der Waals surface area contributed by atoms with Gasteiger partial charge in [-0.25, -0.2) is 0 Å². The fourth-order valence-electron chi connectivity index (χ4n) is 0. The number of hydrogen-bond donors (Lipinski definition) is 0. The number of hydrogen-bond acceptors (Lipinski definition) is 4. The Balaban J connectivity index is -0.000000107. The van der Waals surface area contributed by atoms with Crippen molar-refractivity contribution in [2.24, 2.45) is 0 Å². The van der Waals surface area contributed by atoms with E-state index < -0.39 is 16.0 Å². The minimum atomic E-state index is -5.89. The fraction of sp³-hybridized carbons (Fsp3) is 0. The maximum atomic E-state index is 10.0. The third-order valence-corrected chi connectivity index (χ3v) is 0. The molecule has 0 atom stereocenters. The van der Waals surface area contributed by atoms with Crippen molar-refractivity contribution in [3.63, 3.8) is 0 Å². The molecule has 64 valence electrons. The summed E-state index contributed by atoms with van der Waals surface area (Å²) in [5.41, 5.74) is 0. The van der Waals surface area contributed by atoms with Crippen molar-refractivity contribution >= 4 is 64.9 Å². The second kappa shape index (κ2) is 7.11. The average molecular weight is 339 g/mol. The Bertz CT molecular complexity index is 132. The maximum absolute atomic E-state index is 10.0. The number of halogens is 4. The van der Waals surface area contributed by atoms with E-state index in [0.717, 1.165) is 0 Å². The van der Waals surface area contributed by atoms with Crippen LogP contribution >= 0.6 is 16.0 Å². The third-order valence-electron chi connectivity index (χ3n) is 0. The second-order valence-electron chi connectivity index (χ2n) is 0.829. The Morgan fingerprint density at radius 1 is 0.818 bits per heavy atom. The molecule has 0 radical (unpaired) electrons. The van der Waals surface area contributed by atoms with E-state index in [1.807, 2.05) is 0 Å². The quantitative estimate of drug-likeness (QED) is 0.364. The smallest absolute Gasteiger partial charge is 0.749 e. The standard InChI is InChI=1S/Ba.2F2HO2P/c;2*1-5(2,3)4/h;2*(H,3,4)/q+2;;/p-2. The fourth-order valence-corrected chi connectivity index (χ4v) is 0. The van der Waals surface area contributed by atoms with Crippen LogP contribution in [0.3, 0.4) is 0 Å². The van der Waals surface area contributed by atoms with Gasteiger partial charge >= 0.3 is 64.9 Å². The van der Waals surface area contributed by atoms with Gasteiger partial charge in [-0.3, -0.25) is 9.13 Å². The molecule has 0 aromatic carbocycles. The minimum absolute atomic E-state index is 0. The predicted octanol–water partition coefficient (Wildman–Crippen LogP) is 0.407. The van der Waals surface area contributed by atoms with Crippen LogP contribution in [-0.4, -0.2) is 48.9 Å². The molecule has 0 aromatic heterocycles. The van der Waals surface area contributed by atoms with Gasteiger partial charge in [0.2, 0.25) is 0 Å². The Morgan fingerprint density at radius 2 is 0.818 bits per heavy atom. The van der Waals surface area contributed by atoms with E-state index in [9.17, 15) is 16.8 Å². The molecule has 0 amide bonds. The summed E-state index contributed by atoms with van der Waals surface area (Å²) in [5, 5.41) is 0. The third kappa shape index (κ3) is 391. The molecule has 0 heterocycles. The molecule has 0 unspecified atom stereocenters. The van der Waals surface area contributed by atoms with Crippen molar-refractivity contribution in [3.8, 4) is 0 Å². The Labute approximate surface area is 99.4 Å². The molecule has 0 aliphatic carbocycles. The van der Waals surface area contributed by atoms with Gasteiger partial charge in [-0.2, -0.15) is 16.8 Å². The van der Waals surface area contributed by atoms with Crippen LogP contribution in [0.1, 0.15) is 0 Å². The first kappa shape index (κ1) is 18.5. The average Bonchev–Trinajstić information content (AvgIpc) is 1.12. The monoisotopic (exact) mass is 340 g/mol. The molecule has 4 nitrogen and oxygen atoms in total. The van der Waals surface area contributed by atoms with Crippen LogP contribution < -0.4 is 9.79 Å². The summed E-state index contributed by atoms with van der Waals surface area (Å²) in [5.74, 6) is 0. The van der Waals surface area contributed by atoms with Crippen LogP contribution in [-0.2, 0) is 9.13 Å². The topological polar surface area (TPSA) is 80.3 Å². The van der Waals surface area contributed by atoms with Crippen LogP contribution in [0.15, 0.2) is 0 Å². The van der Waals surface area contributed by atoms with Gasteiger partial charge in [0.15, 0.2) is 0 Å². The van der Waals surface area contributed by atoms with Crippen molar-refractivity contribution in [3.05, 3.63) is 0 Å². The molecule has 11 heavy (non-hydrogen) atoms. The first-order valence-corrected chi connectivity index (χ1v) is 4.22. The predicted molar refractivity (Wildman–Crippen MR) is 25.4 cm³/mol. The van der Waals surface area contributed by atoms with E-state index in [0.29, 0.717) is 0 Å². The molecule has 0 N–H and O–H groups in total. The zero-order valence-electron chi connectivity index (χ0n) is 4.75. The molecule has 0 bridgehead atoms. The summed E-state index contributed by atoms with van der Waals surface area (Å²) in [6.45, 7) is 0. The molecule has 0 aromatic rings. The van der Waals surface area contributed by atoms with Crippen molar-refractivity contribution in [1.29, 1.82) is 0 Å². The largest absolute Gasteiger partial charge is 2.00 e. The minimum Gasteiger partial charge on any atom is -0.749 e. The normalized spacial score (nSPS) is 10.7. The summed E-state index contributed by atoms with van der Waals surface area (Å²) in [4.78, 5) is 16.7. The Kier molecular flexibility index (Phi) is 11.9. The van der Waals surface area contributed by atoms with E-state index in [1.54, 1.807) is 0 Å². The molecule has 11 heteroatoms. The van der Waals surface area contributed by atoms with Gasteiger partial charge < -0.3 is 9.79 Å². The zero-order chi connectivity index (χ0) is 9.00. The van der Waals surface area contributed by atoms with E-state index in [2.05, 4.69) is 0 Å². The van der Waals surface area contributed by atoms with Crippen LogP contribution in [0.4, 0.5) is 16.8 Å². The van der Waals surface area contributed by atoms with Crippen molar-refractivity contribution in [2.75, 3.05) is 0 Å². The first-order chi connectivity index (χ1) is 4.00. The number of rotatable bonds is 0. The van der Waals surface area contributed by atoms with Crippen LogP contribution in [0, 0.1) is 0 Å². The summed E-state index contributed by atoms with van der Waals surface area (Å²) in [7, 11) is -11.8. The molecular formula is BaF4O4P2.